The van der Waals surface area contributed by atoms with E-state index in [9.17, 15) is 9.59 Å². The van der Waals surface area contributed by atoms with Gasteiger partial charge in [0.25, 0.3) is 0 Å². The summed E-state index contributed by atoms with van der Waals surface area (Å²) in [4.78, 5) is 24.6. The van der Waals surface area contributed by atoms with E-state index in [1.165, 1.54) is 7.11 Å². The third kappa shape index (κ3) is 6.37. The van der Waals surface area contributed by atoms with E-state index in [1.54, 1.807) is 39.0 Å². The van der Waals surface area contributed by atoms with Crippen molar-refractivity contribution in [3.63, 3.8) is 0 Å². The van der Waals surface area contributed by atoms with E-state index < -0.39 is 11.7 Å². The first-order valence-electron chi connectivity index (χ1n) is 9.94. The number of anilines is 2. The molecule has 7 heteroatoms. The number of ether oxygens (including phenoxy) is 2. The Morgan fingerprint density at radius 1 is 0.968 bits per heavy atom. The lowest BCUT2D eigenvalue weighted by molar-refractivity contribution is -0.115. The highest BCUT2D eigenvalue weighted by Crippen LogP contribution is 2.28. The number of nitrogens with one attached hydrogen (secondary N) is 2. The highest BCUT2D eigenvalue weighted by Gasteiger charge is 2.18. The summed E-state index contributed by atoms with van der Waals surface area (Å²) in [7, 11) is 1.51. The summed E-state index contributed by atoms with van der Waals surface area (Å²) in [5, 5.41) is 5.52. The molecule has 1 heterocycles. The predicted octanol–water partition coefficient (Wildman–Crippen LogP) is 5.01. The first-order valence-corrected chi connectivity index (χ1v) is 9.94. The van der Waals surface area contributed by atoms with Gasteiger partial charge in [0.05, 0.1) is 19.2 Å². The van der Waals surface area contributed by atoms with E-state index in [-0.39, 0.29) is 12.3 Å². The highest BCUT2D eigenvalue weighted by molar-refractivity contribution is 5.94. The molecule has 0 spiro atoms. The topological polar surface area (TPSA) is 81.6 Å². The fourth-order valence-electron chi connectivity index (χ4n) is 2.98. The molecule has 7 nitrogen and oxygen atoms in total. The third-order valence-electron chi connectivity index (χ3n) is 4.32. The first-order chi connectivity index (χ1) is 14.7. The van der Waals surface area contributed by atoms with Gasteiger partial charge in [-0.25, -0.2) is 4.79 Å². The van der Waals surface area contributed by atoms with E-state index in [1.807, 2.05) is 53.4 Å². The third-order valence-corrected chi connectivity index (χ3v) is 4.32. The molecular weight excluding hydrogens is 394 g/mol. The monoisotopic (exact) mass is 421 g/mol. The van der Waals surface area contributed by atoms with Crippen molar-refractivity contribution in [3.05, 3.63) is 72.6 Å². The van der Waals surface area contributed by atoms with Gasteiger partial charge >= 0.3 is 6.09 Å². The smallest absolute Gasteiger partial charge is 0.412 e. The fourth-order valence-corrected chi connectivity index (χ4v) is 2.98. The van der Waals surface area contributed by atoms with Gasteiger partial charge in [0, 0.05) is 23.8 Å². The molecule has 2 amide bonds. The molecule has 0 radical (unpaired) electrons. The van der Waals surface area contributed by atoms with Crippen LogP contribution in [0.25, 0.3) is 5.69 Å². The molecular formula is C24H27N3O4. The van der Waals surface area contributed by atoms with E-state index in [2.05, 4.69) is 10.6 Å². The normalized spacial score (nSPS) is 11.0. The number of methoxy groups -OCH3 is 1. The largest absolute Gasteiger partial charge is 0.495 e. The lowest BCUT2D eigenvalue weighted by Gasteiger charge is -2.20. The Labute approximate surface area is 182 Å². The number of carbonyl (C=O) groups excluding carboxylic acids is 2. The van der Waals surface area contributed by atoms with Gasteiger partial charge in [0.15, 0.2) is 0 Å². The minimum absolute atomic E-state index is 0.165. The summed E-state index contributed by atoms with van der Waals surface area (Å²) < 4.78 is 12.6. The molecule has 0 fully saturated rings. The summed E-state index contributed by atoms with van der Waals surface area (Å²) >= 11 is 0. The van der Waals surface area contributed by atoms with Crippen LogP contribution in [0.1, 0.15) is 26.3 Å². The van der Waals surface area contributed by atoms with Crippen LogP contribution in [0.2, 0.25) is 0 Å². The molecule has 2 aromatic carbocycles. The molecule has 31 heavy (non-hydrogen) atoms. The number of hydrogen-bond donors (Lipinski definition) is 2. The molecule has 0 saturated carbocycles. The zero-order valence-electron chi connectivity index (χ0n) is 18.1. The number of carbonyl (C=O) groups is 2. The van der Waals surface area contributed by atoms with Crippen molar-refractivity contribution < 1.29 is 19.1 Å². The van der Waals surface area contributed by atoms with E-state index in [0.29, 0.717) is 17.1 Å². The predicted molar refractivity (Wildman–Crippen MR) is 121 cm³/mol. The van der Waals surface area contributed by atoms with Crippen molar-refractivity contribution in [2.24, 2.45) is 0 Å². The Kier molecular flexibility index (Phi) is 6.65. The van der Waals surface area contributed by atoms with Crippen LogP contribution < -0.4 is 15.4 Å². The molecule has 0 unspecified atom stereocenters. The van der Waals surface area contributed by atoms with Crippen molar-refractivity contribution in [2.45, 2.75) is 32.8 Å². The van der Waals surface area contributed by atoms with Gasteiger partial charge in [-0.2, -0.15) is 0 Å². The highest BCUT2D eigenvalue weighted by atomic mass is 16.6. The Morgan fingerprint density at radius 3 is 2.26 bits per heavy atom. The molecule has 3 rings (SSSR count). The van der Waals surface area contributed by atoms with Crippen LogP contribution in [0.3, 0.4) is 0 Å². The molecule has 0 aliphatic carbocycles. The number of benzene rings is 2. The number of amides is 2. The second-order valence-corrected chi connectivity index (χ2v) is 8.02. The Hall–Kier alpha value is -3.74. The minimum Gasteiger partial charge on any atom is -0.495 e. The average Bonchev–Trinajstić information content (AvgIpc) is 3.22. The van der Waals surface area contributed by atoms with Crippen molar-refractivity contribution >= 4 is 23.4 Å². The molecule has 2 N–H and O–H groups in total. The van der Waals surface area contributed by atoms with Gasteiger partial charge in [-0.1, -0.05) is 12.1 Å². The second-order valence-electron chi connectivity index (χ2n) is 8.02. The summed E-state index contributed by atoms with van der Waals surface area (Å²) in [5.74, 6) is 0.298. The van der Waals surface area contributed by atoms with Crippen molar-refractivity contribution in [2.75, 3.05) is 17.7 Å². The van der Waals surface area contributed by atoms with Crippen LogP contribution >= 0.6 is 0 Å². The zero-order chi connectivity index (χ0) is 22.4. The number of aromatic nitrogens is 1. The van der Waals surface area contributed by atoms with Gasteiger partial charge in [-0.3, -0.25) is 10.1 Å². The number of rotatable bonds is 6. The van der Waals surface area contributed by atoms with Crippen LogP contribution in [0, 0.1) is 0 Å². The van der Waals surface area contributed by atoms with Crippen molar-refractivity contribution in [1.29, 1.82) is 0 Å². The summed E-state index contributed by atoms with van der Waals surface area (Å²) in [6, 6.07) is 16.7. The molecule has 0 bridgehead atoms. The second kappa shape index (κ2) is 9.38. The Morgan fingerprint density at radius 2 is 1.65 bits per heavy atom. The SMILES string of the molecule is COc1ccc(NC(=O)Cc2ccc(-n3cccc3)cc2)cc1NC(=O)OC(C)(C)C. The molecule has 1 aromatic heterocycles. The van der Waals surface area contributed by atoms with E-state index in [0.717, 1.165) is 11.3 Å². The maximum absolute atomic E-state index is 12.5. The van der Waals surface area contributed by atoms with Crippen molar-refractivity contribution in [1.82, 2.24) is 4.57 Å². The van der Waals surface area contributed by atoms with Gasteiger partial charge in [-0.05, 0) is 68.8 Å². The first kappa shape index (κ1) is 22.0. The lowest BCUT2D eigenvalue weighted by Crippen LogP contribution is -2.27. The summed E-state index contributed by atoms with van der Waals surface area (Å²) in [5.41, 5.74) is 2.25. The van der Waals surface area contributed by atoms with Gasteiger partial charge in [-0.15, -0.1) is 0 Å². The number of hydrogen-bond acceptors (Lipinski definition) is 4. The zero-order valence-corrected chi connectivity index (χ0v) is 18.1. The maximum atomic E-state index is 12.5. The molecule has 162 valence electrons. The maximum Gasteiger partial charge on any atom is 0.412 e. The van der Waals surface area contributed by atoms with Crippen LogP contribution in [-0.2, 0) is 16.0 Å². The van der Waals surface area contributed by atoms with Crippen molar-refractivity contribution in [3.8, 4) is 11.4 Å². The molecule has 0 saturated heterocycles. The summed E-state index contributed by atoms with van der Waals surface area (Å²) in [6.45, 7) is 5.35. The van der Waals surface area contributed by atoms with Crippen LogP contribution in [0.4, 0.5) is 16.2 Å². The van der Waals surface area contributed by atoms with Gasteiger partial charge < -0.3 is 19.4 Å². The Balaban J connectivity index is 1.64. The van der Waals surface area contributed by atoms with E-state index >= 15 is 0 Å². The van der Waals surface area contributed by atoms with E-state index in [4.69, 9.17) is 9.47 Å². The van der Waals surface area contributed by atoms with Crippen LogP contribution in [0.5, 0.6) is 5.75 Å². The fraction of sp³-hybridized carbons (Fsp3) is 0.250. The average molecular weight is 421 g/mol. The van der Waals surface area contributed by atoms with Crippen LogP contribution in [-0.4, -0.2) is 29.3 Å². The molecule has 0 atom stereocenters. The van der Waals surface area contributed by atoms with Gasteiger partial charge in [0.2, 0.25) is 5.91 Å². The molecule has 0 aliphatic rings. The lowest BCUT2D eigenvalue weighted by atomic mass is 10.1. The minimum atomic E-state index is -0.625. The standard InChI is InChI=1S/C24H27N3O4/c1-24(2,3)31-23(29)26-20-16-18(9-12-21(20)30-4)25-22(28)15-17-7-10-19(11-8-17)27-13-5-6-14-27/h5-14,16H,15H2,1-4H3,(H,25,28)(H,26,29). The van der Waals surface area contributed by atoms with Gasteiger partial charge in [0.1, 0.15) is 11.4 Å². The quantitative estimate of drug-likeness (QED) is 0.586. The molecule has 3 aromatic rings. The van der Waals surface area contributed by atoms with Crippen LogP contribution in [0.15, 0.2) is 67.0 Å². The molecule has 0 aliphatic heterocycles. The Bertz CT molecular complexity index is 1040. The number of nitrogens with zero attached hydrogens (tertiary/aromatic N) is 1. The summed E-state index contributed by atoms with van der Waals surface area (Å²) in [6.07, 6.45) is 3.56.